The van der Waals surface area contributed by atoms with Crippen LogP contribution in [0, 0.1) is 0 Å². The highest BCUT2D eigenvalue weighted by atomic mass is 16.4. The zero-order chi connectivity index (χ0) is 17.9. The Balaban J connectivity index is 1.37. The summed E-state index contributed by atoms with van der Waals surface area (Å²) in [5.74, 6) is -0.468. The van der Waals surface area contributed by atoms with Crippen LogP contribution >= 0.6 is 0 Å². The molecule has 0 radical (unpaired) electrons. The van der Waals surface area contributed by atoms with Crippen LogP contribution in [0.3, 0.4) is 0 Å². The van der Waals surface area contributed by atoms with E-state index in [0.717, 1.165) is 38.2 Å². The monoisotopic (exact) mass is 350 g/mol. The average Bonchev–Trinajstić information content (AvgIpc) is 3.19. The number of aromatic carboxylic acids is 1. The predicted octanol–water partition coefficient (Wildman–Crippen LogP) is 3.84. The van der Waals surface area contributed by atoms with Crippen LogP contribution in [0.25, 0.3) is 0 Å². The quantitative estimate of drug-likeness (QED) is 0.910. The number of likely N-dealkylation sites (tertiary alicyclic amines) is 1. The molecule has 1 unspecified atom stereocenters. The third kappa shape index (κ3) is 3.47. The van der Waals surface area contributed by atoms with Crippen LogP contribution in [-0.2, 0) is 0 Å². The first-order valence-corrected chi connectivity index (χ1v) is 9.58. The highest BCUT2D eigenvalue weighted by molar-refractivity contribution is 5.89. The molecule has 0 spiro atoms. The number of rotatable bonds is 4. The average molecular weight is 350 g/mol. The van der Waals surface area contributed by atoms with E-state index in [9.17, 15) is 9.90 Å². The van der Waals surface area contributed by atoms with Crippen molar-refractivity contribution in [2.45, 2.75) is 31.2 Å². The number of hydrogen-bond donors (Lipinski definition) is 1. The van der Waals surface area contributed by atoms with Gasteiger partial charge in [-0.25, -0.2) is 4.79 Å². The number of hydrogen-bond acceptors (Lipinski definition) is 3. The molecule has 2 aromatic carbocycles. The first kappa shape index (κ1) is 17.1. The van der Waals surface area contributed by atoms with Gasteiger partial charge >= 0.3 is 5.97 Å². The summed E-state index contributed by atoms with van der Waals surface area (Å²) in [5, 5.41) is 9.46. The fourth-order valence-electron chi connectivity index (χ4n) is 4.55. The molecule has 4 rings (SSSR count). The largest absolute Gasteiger partial charge is 0.478 e. The van der Waals surface area contributed by atoms with E-state index >= 15 is 0 Å². The lowest BCUT2D eigenvalue weighted by atomic mass is 9.93. The predicted molar refractivity (Wildman–Crippen MR) is 104 cm³/mol. The van der Waals surface area contributed by atoms with Gasteiger partial charge in [0.2, 0.25) is 0 Å². The van der Waals surface area contributed by atoms with Crippen molar-refractivity contribution in [3.63, 3.8) is 0 Å². The maximum Gasteiger partial charge on any atom is 0.335 e. The molecule has 26 heavy (non-hydrogen) atoms. The van der Waals surface area contributed by atoms with E-state index in [0.29, 0.717) is 17.5 Å². The zero-order valence-corrected chi connectivity index (χ0v) is 15.1. The SMILES string of the molecule is O=C(O)c1ccccc1C1CCN(C2CCN(c3ccccc3)CC2)C1. The van der Waals surface area contributed by atoms with Gasteiger partial charge in [-0.15, -0.1) is 0 Å². The molecule has 0 aliphatic carbocycles. The lowest BCUT2D eigenvalue weighted by Crippen LogP contribution is -2.44. The topological polar surface area (TPSA) is 43.8 Å². The fraction of sp³-hybridized carbons (Fsp3) is 0.409. The van der Waals surface area contributed by atoms with Crippen molar-refractivity contribution in [3.8, 4) is 0 Å². The van der Waals surface area contributed by atoms with Gasteiger partial charge in [0, 0.05) is 31.4 Å². The molecule has 0 saturated carbocycles. The normalized spacial score (nSPS) is 21.8. The van der Waals surface area contributed by atoms with E-state index in [1.807, 2.05) is 18.2 Å². The molecule has 2 aliphatic rings. The molecule has 2 fully saturated rings. The second kappa shape index (κ2) is 7.50. The first-order chi connectivity index (χ1) is 12.7. The Hall–Kier alpha value is -2.33. The summed E-state index contributed by atoms with van der Waals surface area (Å²) < 4.78 is 0. The zero-order valence-electron chi connectivity index (χ0n) is 15.1. The van der Waals surface area contributed by atoms with Crippen molar-refractivity contribution in [3.05, 3.63) is 65.7 Å². The van der Waals surface area contributed by atoms with Crippen molar-refractivity contribution >= 4 is 11.7 Å². The summed E-state index contributed by atoms with van der Waals surface area (Å²) in [5.41, 5.74) is 2.79. The second-order valence-electron chi connectivity index (χ2n) is 7.43. The summed E-state index contributed by atoms with van der Waals surface area (Å²) in [6.07, 6.45) is 3.42. The molecule has 0 bridgehead atoms. The van der Waals surface area contributed by atoms with E-state index in [2.05, 4.69) is 40.1 Å². The summed E-state index contributed by atoms with van der Waals surface area (Å²) in [4.78, 5) is 16.6. The lowest BCUT2D eigenvalue weighted by Gasteiger charge is -2.38. The first-order valence-electron chi connectivity index (χ1n) is 9.58. The summed E-state index contributed by atoms with van der Waals surface area (Å²) in [6.45, 7) is 4.26. The minimum Gasteiger partial charge on any atom is -0.478 e. The molecule has 2 aliphatic heterocycles. The number of carbonyl (C=O) groups is 1. The third-order valence-corrected chi connectivity index (χ3v) is 5.95. The second-order valence-corrected chi connectivity index (χ2v) is 7.43. The van der Waals surface area contributed by atoms with Crippen molar-refractivity contribution < 1.29 is 9.90 Å². The van der Waals surface area contributed by atoms with Gasteiger partial charge in [-0.2, -0.15) is 0 Å². The maximum atomic E-state index is 11.5. The number of carboxylic acid groups (broad SMARTS) is 1. The van der Waals surface area contributed by atoms with E-state index in [-0.39, 0.29) is 0 Å². The van der Waals surface area contributed by atoms with Crippen LogP contribution in [0.2, 0.25) is 0 Å². The Bertz CT molecular complexity index is 754. The molecule has 1 atom stereocenters. The minimum atomic E-state index is -0.810. The molecule has 1 N–H and O–H groups in total. The van der Waals surface area contributed by atoms with Crippen LogP contribution in [-0.4, -0.2) is 48.2 Å². The molecule has 2 saturated heterocycles. The molecule has 0 amide bonds. The fourth-order valence-corrected chi connectivity index (χ4v) is 4.55. The molecule has 136 valence electrons. The van der Waals surface area contributed by atoms with E-state index in [1.54, 1.807) is 6.07 Å². The molecular formula is C22H26N2O2. The summed E-state index contributed by atoms with van der Waals surface area (Å²) in [7, 11) is 0. The van der Waals surface area contributed by atoms with Gasteiger partial charge in [-0.1, -0.05) is 36.4 Å². The number of para-hydroxylation sites is 1. The van der Waals surface area contributed by atoms with Gasteiger partial charge in [0.1, 0.15) is 0 Å². The van der Waals surface area contributed by atoms with E-state index in [4.69, 9.17) is 0 Å². The van der Waals surface area contributed by atoms with Gasteiger partial charge in [-0.3, -0.25) is 4.90 Å². The highest BCUT2D eigenvalue weighted by Gasteiger charge is 2.32. The number of benzene rings is 2. The van der Waals surface area contributed by atoms with Crippen molar-refractivity contribution in [2.75, 3.05) is 31.1 Å². The van der Waals surface area contributed by atoms with E-state index < -0.39 is 5.97 Å². The molecular weight excluding hydrogens is 324 g/mol. The standard InChI is InChI=1S/C22H26N2O2/c25-22(26)21-9-5-4-8-20(21)17-10-13-24(16-17)19-11-14-23(15-12-19)18-6-2-1-3-7-18/h1-9,17,19H,10-16H2,(H,25,26). The Kier molecular flexibility index (Phi) is 4.93. The number of anilines is 1. The molecule has 4 heteroatoms. The lowest BCUT2D eigenvalue weighted by molar-refractivity contribution is 0.0695. The minimum absolute atomic E-state index is 0.342. The molecule has 4 nitrogen and oxygen atoms in total. The molecule has 2 aromatic rings. The van der Waals surface area contributed by atoms with Crippen molar-refractivity contribution in [1.82, 2.24) is 4.90 Å². The third-order valence-electron chi connectivity index (χ3n) is 5.95. The van der Waals surface area contributed by atoms with Crippen LogP contribution in [0.15, 0.2) is 54.6 Å². The van der Waals surface area contributed by atoms with E-state index in [1.165, 1.54) is 18.5 Å². The van der Waals surface area contributed by atoms with Gasteiger partial charge in [0.15, 0.2) is 0 Å². The van der Waals surface area contributed by atoms with Crippen LogP contribution in [0.1, 0.15) is 41.1 Å². The summed E-state index contributed by atoms with van der Waals surface area (Å²) in [6, 6.07) is 18.8. The number of nitrogens with zero attached hydrogens (tertiary/aromatic N) is 2. The highest BCUT2D eigenvalue weighted by Crippen LogP contribution is 2.33. The van der Waals surface area contributed by atoms with Crippen molar-refractivity contribution in [2.24, 2.45) is 0 Å². The molecule has 0 aromatic heterocycles. The van der Waals surface area contributed by atoms with Crippen LogP contribution < -0.4 is 4.90 Å². The Morgan fingerprint density at radius 2 is 1.58 bits per heavy atom. The van der Waals surface area contributed by atoms with Gasteiger partial charge in [0.05, 0.1) is 5.56 Å². The Morgan fingerprint density at radius 3 is 2.31 bits per heavy atom. The number of carboxylic acids is 1. The number of piperidine rings is 1. The van der Waals surface area contributed by atoms with Gasteiger partial charge < -0.3 is 10.0 Å². The van der Waals surface area contributed by atoms with Gasteiger partial charge in [-0.05, 0) is 55.5 Å². The maximum absolute atomic E-state index is 11.5. The van der Waals surface area contributed by atoms with Gasteiger partial charge in [0.25, 0.3) is 0 Å². The smallest absolute Gasteiger partial charge is 0.335 e. The van der Waals surface area contributed by atoms with Crippen LogP contribution in [0.5, 0.6) is 0 Å². The van der Waals surface area contributed by atoms with Crippen molar-refractivity contribution in [1.29, 1.82) is 0 Å². The Labute approximate surface area is 155 Å². The summed E-state index contributed by atoms with van der Waals surface area (Å²) >= 11 is 0. The Morgan fingerprint density at radius 1 is 0.885 bits per heavy atom. The molecule has 2 heterocycles. The van der Waals surface area contributed by atoms with Crippen LogP contribution in [0.4, 0.5) is 5.69 Å².